The van der Waals surface area contributed by atoms with Crippen LogP contribution >= 0.6 is 0 Å². The summed E-state index contributed by atoms with van der Waals surface area (Å²) in [5.74, 6) is 1.50. The summed E-state index contributed by atoms with van der Waals surface area (Å²) in [4.78, 5) is 3.61. The molecule has 0 amide bonds. The topological polar surface area (TPSA) is 50.4 Å². The third kappa shape index (κ3) is 3.57. The van der Waals surface area contributed by atoms with Crippen molar-refractivity contribution in [3.63, 3.8) is 0 Å². The average Bonchev–Trinajstić information content (AvgIpc) is 2.75. The van der Waals surface area contributed by atoms with Crippen molar-refractivity contribution < 1.29 is 17.6 Å². The molecule has 0 atom stereocenters. The highest BCUT2D eigenvalue weighted by molar-refractivity contribution is 5.76. The van der Waals surface area contributed by atoms with E-state index >= 15 is 0 Å². The van der Waals surface area contributed by atoms with Crippen molar-refractivity contribution in [1.82, 2.24) is 4.98 Å². The predicted octanol–water partition coefficient (Wildman–Crippen LogP) is 3.45. The van der Waals surface area contributed by atoms with Gasteiger partial charge in [0.15, 0.2) is 0 Å². The standard InChI is InChI=1S/C12H10F3N3O/c1-8-2-4-10(19-8)7-17-18-11-5-3-9(6-16-11)12(13,14)15/h2-7H,1H3,(H,16,18). The molecule has 19 heavy (non-hydrogen) atoms. The van der Waals surface area contributed by atoms with Crippen molar-refractivity contribution >= 4 is 12.0 Å². The second-order valence-electron chi connectivity index (χ2n) is 3.75. The molecule has 2 aromatic rings. The molecule has 0 saturated carbocycles. The normalized spacial score (nSPS) is 12.0. The number of nitrogens with one attached hydrogen (secondary N) is 1. The zero-order chi connectivity index (χ0) is 13.9. The van der Waals surface area contributed by atoms with Crippen LogP contribution in [0, 0.1) is 6.92 Å². The van der Waals surface area contributed by atoms with E-state index < -0.39 is 11.7 Å². The second kappa shape index (κ2) is 5.13. The highest BCUT2D eigenvalue weighted by Gasteiger charge is 2.30. The Hall–Kier alpha value is -2.31. The maximum atomic E-state index is 12.3. The van der Waals surface area contributed by atoms with Gasteiger partial charge in [-0.05, 0) is 31.2 Å². The number of hydrogen-bond acceptors (Lipinski definition) is 4. The summed E-state index contributed by atoms with van der Waals surface area (Å²) >= 11 is 0. The van der Waals surface area contributed by atoms with Crippen LogP contribution in [0.2, 0.25) is 0 Å². The largest absolute Gasteiger partial charge is 0.460 e. The highest BCUT2D eigenvalue weighted by Crippen LogP contribution is 2.28. The predicted molar refractivity (Wildman–Crippen MR) is 63.9 cm³/mol. The van der Waals surface area contributed by atoms with Gasteiger partial charge in [0.25, 0.3) is 0 Å². The van der Waals surface area contributed by atoms with E-state index in [4.69, 9.17) is 4.42 Å². The molecule has 0 unspecified atom stereocenters. The summed E-state index contributed by atoms with van der Waals surface area (Å²) in [6.45, 7) is 1.79. The Balaban J connectivity index is 1.98. The number of hydrogen-bond donors (Lipinski definition) is 1. The van der Waals surface area contributed by atoms with Gasteiger partial charge in [-0.2, -0.15) is 18.3 Å². The molecule has 0 aliphatic carbocycles. The van der Waals surface area contributed by atoms with E-state index in [2.05, 4.69) is 15.5 Å². The monoisotopic (exact) mass is 269 g/mol. The lowest BCUT2D eigenvalue weighted by Gasteiger charge is -2.06. The minimum Gasteiger partial charge on any atom is -0.460 e. The summed E-state index contributed by atoms with van der Waals surface area (Å²) in [6.07, 6.45) is -2.23. The Bertz CT molecular complexity index is 573. The Morgan fingerprint density at radius 2 is 2.05 bits per heavy atom. The molecule has 0 aromatic carbocycles. The van der Waals surface area contributed by atoms with Crippen LogP contribution in [0.15, 0.2) is 40.0 Å². The lowest BCUT2D eigenvalue weighted by atomic mass is 10.3. The molecule has 1 N–H and O–H groups in total. The minimum atomic E-state index is -4.39. The molecule has 0 aliphatic heterocycles. The molecule has 0 spiro atoms. The van der Waals surface area contributed by atoms with Crippen molar-refractivity contribution in [1.29, 1.82) is 0 Å². The smallest absolute Gasteiger partial charge is 0.417 e. The van der Waals surface area contributed by atoms with Crippen LogP contribution in [0.1, 0.15) is 17.1 Å². The number of aromatic nitrogens is 1. The lowest BCUT2D eigenvalue weighted by Crippen LogP contribution is -2.05. The first-order valence-corrected chi connectivity index (χ1v) is 5.34. The summed E-state index contributed by atoms with van der Waals surface area (Å²) in [6, 6.07) is 5.63. The van der Waals surface area contributed by atoms with Gasteiger partial charge in [-0.3, -0.25) is 5.43 Å². The molecule has 2 aromatic heterocycles. The van der Waals surface area contributed by atoms with Crippen molar-refractivity contribution in [2.75, 3.05) is 5.43 Å². The Morgan fingerprint density at radius 3 is 2.58 bits per heavy atom. The second-order valence-corrected chi connectivity index (χ2v) is 3.75. The number of halogens is 3. The molecule has 0 radical (unpaired) electrons. The fraction of sp³-hybridized carbons (Fsp3) is 0.167. The van der Waals surface area contributed by atoms with Gasteiger partial charge in [0.05, 0.1) is 11.8 Å². The summed E-state index contributed by atoms with van der Waals surface area (Å²) in [7, 11) is 0. The number of alkyl halides is 3. The van der Waals surface area contributed by atoms with Crippen LogP contribution in [0.5, 0.6) is 0 Å². The molecule has 4 nitrogen and oxygen atoms in total. The van der Waals surface area contributed by atoms with Crippen LogP contribution in [0.25, 0.3) is 0 Å². The van der Waals surface area contributed by atoms with Crippen LogP contribution in [-0.4, -0.2) is 11.2 Å². The van der Waals surface area contributed by atoms with Crippen molar-refractivity contribution in [3.05, 3.63) is 47.5 Å². The van der Waals surface area contributed by atoms with E-state index in [-0.39, 0.29) is 5.82 Å². The van der Waals surface area contributed by atoms with Crippen molar-refractivity contribution in [2.45, 2.75) is 13.1 Å². The molecule has 0 fully saturated rings. The third-order valence-corrected chi connectivity index (χ3v) is 2.22. The number of hydrazone groups is 1. The molecule has 0 aliphatic rings. The lowest BCUT2D eigenvalue weighted by molar-refractivity contribution is -0.137. The zero-order valence-electron chi connectivity index (χ0n) is 9.90. The third-order valence-electron chi connectivity index (χ3n) is 2.22. The van der Waals surface area contributed by atoms with Crippen molar-refractivity contribution in [3.8, 4) is 0 Å². The van der Waals surface area contributed by atoms with Gasteiger partial charge >= 0.3 is 6.18 Å². The quantitative estimate of drug-likeness (QED) is 0.685. The molecule has 0 bridgehead atoms. The van der Waals surface area contributed by atoms with Gasteiger partial charge in [0.1, 0.15) is 17.3 Å². The first-order chi connectivity index (χ1) is 8.95. The van der Waals surface area contributed by atoms with Crippen LogP contribution < -0.4 is 5.43 Å². The van der Waals surface area contributed by atoms with E-state index in [0.717, 1.165) is 18.0 Å². The molecule has 0 saturated heterocycles. The number of nitrogens with zero attached hydrogens (tertiary/aromatic N) is 2. The molecule has 2 rings (SSSR count). The van der Waals surface area contributed by atoms with Crippen molar-refractivity contribution in [2.24, 2.45) is 5.10 Å². The fourth-order valence-corrected chi connectivity index (χ4v) is 1.31. The van der Waals surface area contributed by atoms with Crippen LogP contribution in [0.3, 0.4) is 0 Å². The van der Waals surface area contributed by atoms with E-state index in [9.17, 15) is 13.2 Å². The van der Waals surface area contributed by atoms with Crippen LogP contribution in [0.4, 0.5) is 19.0 Å². The number of pyridine rings is 1. The molecular formula is C12H10F3N3O. The summed E-state index contributed by atoms with van der Waals surface area (Å²) < 4.78 is 42.1. The molecular weight excluding hydrogens is 259 g/mol. The SMILES string of the molecule is Cc1ccc(C=NNc2ccc(C(F)(F)F)cn2)o1. The van der Waals surface area contributed by atoms with Gasteiger partial charge in [0, 0.05) is 6.20 Å². The van der Waals surface area contributed by atoms with E-state index in [0.29, 0.717) is 5.76 Å². The Labute approximate surface area is 107 Å². The molecule has 7 heteroatoms. The van der Waals surface area contributed by atoms with Gasteiger partial charge < -0.3 is 4.42 Å². The Morgan fingerprint density at radius 1 is 1.26 bits per heavy atom. The average molecular weight is 269 g/mol. The summed E-state index contributed by atoms with van der Waals surface area (Å²) in [5, 5.41) is 3.80. The van der Waals surface area contributed by atoms with E-state index in [1.54, 1.807) is 19.1 Å². The van der Waals surface area contributed by atoms with Gasteiger partial charge in [-0.1, -0.05) is 0 Å². The van der Waals surface area contributed by atoms with Gasteiger partial charge in [0.2, 0.25) is 0 Å². The molecule has 2 heterocycles. The highest BCUT2D eigenvalue weighted by atomic mass is 19.4. The maximum absolute atomic E-state index is 12.3. The van der Waals surface area contributed by atoms with Crippen LogP contribution in [-0.2, 0) is 6.18 Å². The number of aryl methyl sites for hydroxylation is 1. The van der Waals surface area contributed by atoms with Gasteiger partial charge in [-0.15, -0.1) is 0 Å². The number of anilines is 1. The zero-order valence-corrected chi connectivity index (χ0v) is 9.90. The van der Waals surface area contributed by atoms with E-state index in [1.807, 2.05) is 0 Å². The first-order valence-electron chi connectivity index (χ1n) is 5.34. The first kappa shape index (κ1) is 13.1. The van der Waals surface area contributed by atoms with Gasteiger partial charge in [-0.25, -0.2) is 4.98 Å². The fourth-order valence-electron chi connectivity index (χ4n) is 1.31. The molecule has 100 valence electrons. The minimum absolute atomic E-state index is 0.215. The Kier molecular flexibility index (Phi) is 3.55. The number of furan rings is 1. The maximum Gasteiger partial charge on any atom is 0.417 e. The number of rotatable bonds is 3. The summed E-state index contributed by atoms with van der Waals surface area (Å²) in [5.41, 5.74) is 1.71. The van der Waals surface area contributed by atoms with E-state index in [1.165, 1.54) is 12.3 Å².